The summed E-state index contributed by atoms with van der Waals surface area (Å²) in [6, 6.07) is 19.0. The van der Waals surface area contributed by atoms with Crippen molar-refractivity contribution >= 4 is 5.69 Å². The number of anilines is 1. The fourth-order valence-electron chi connectivity index (χ4n) is 2.30. The molecule has 0 aliphatic rings. The second-order valence-electron chi connectivity index (χ2n) is 5.02. The number of phenolic OH excluding ortho intramolecular Hbond substituents is 1. The fourth-order valence-corrected chi connectivity index (χ4v) is 2.30. The van der Waals surface area contributed by atoms with Crippen molar-refractivity contribution in [2.24, 2.45) is 0 Å². The summed E-state index contributed by atoms with van der Waals surface area (Å²) in [6.07, 6.45) is 3.58. The highest BCUT2D eigenvalue weighted by atomic mass is 16.3. The lowest BCUT2D eigenvalue weighted by molar-refractivity contribution is 0.475. The standard InChI is InChI=1S/C18H17N3O/c22-18-9-5-8-17(12-18)21(13-15-6-1-3-10-19-15)14-16-7-2-4-11-20-16/h1-12,22H,13-14H2. The molecule has 0 aliphatic heterocycles. The molecule has 3 rings (SSSR count). The summed E-state index contributed by atoms with van der Waals surface area (Å²) in [5, 5.41) is 9.74. The molecule has 2 aromatic heterocycles. The van der Waals surface area contributed by atoms with Crippen molar-refractivity contribution in [3.8, 4) is 5.75 Å². The lowest BCUT2D eigenvalue weighted by Gasteiger charge is -2.24. The van der Waals surface area contributed by atoms with Crippen LogP contribution in [0.5, 0.6) is 5.75 Å². The summed E-state index contributed by atoms with van der Waals surface area (Å²) in [5.41, 5.74) is 2.89. The average Bonchev–Trinajstić information content (AvgIpc) is 2.56. The maximum atomic E-state index is 9.74. The minimum absolute atomic E-state index is 0.254. The van der Waals surface area contributed by atoms with Crippen LogP contribution in [-0.2, 0) is 13.1 Å². The van der Waals surface area contributed by atoms with Gasteiger partial charge in [0.1, 0.15) is 5.75 Å². The van der Waals surface area contributed by atoms with E-state index in [0.717, 1.165) is 17.1 Å². The van der Waals surface area contributed by atoms with Crippen LogP contribution in [0.15, 0.2) is 73.1 Å². The predicted octanol–water partition coefficient (Wildman–Crippen LogP) is 3.39. The topological polar surface area (TPSA) is 49.2 Å². The first-order chi connectivity index (χ1) is 10.8. The van der Waals surface area contributed by atoms with Crippen LogP contribution in [0.1, 0.15) is 11.4 Å². The van der Waals surface area contributed by atoms with Gasteiger partial charge in [-0.1, -0.05) is 18.2 Å². The number of phenols is 1. The van der Waals surface area contributed by atoms with Gasteiger partial charge in [-0.25, -0.2) is 0 Å². The minimum atomic E-state index is 0.254. The van der Waals surface area contributed by atoms with E-state index in [4.69, 9.17) is 0 Å². The Labute approximate surface area is 129 Å². The summed E-state index contributed by atoms with van der Waals surface area (Å²) in [7, 11) is 0. The average molecular weight is 291 g/mol. The second kappa shape index (κ2) is 6.72. The number of hydrogen-bond acceptors (Lipinski definition) is 4. The van der Waals surface area contributed by atoms with Crippen molar-refractivity contribution in [3.63, 3.8) is 0 Å². The zero-order valence-electron chi connectivity index (χ0n) is 12.1. The third-order valence-corrected chi connectivity index (χ3v) is 3.35. The van der Waals surface area contributed by atoms with Crippen LogP contribution < -0.4 is 4.90 Å². The molecule has 0 atom stereocenters. The fraction of sp³-hybridized carbons (Fsp3) is 0.111. The normalized spacial score (nSPS) is 10.4. The van der Waals surface area contributed by atoms with E-state index in [1.54, 1.807) is 24.5 Å². The van der Waals surface area contributed by atoms with Crippen LogP contribution in [0.2, 0.25) is 0 Å². The van der Waals surface area contributed by atoms with Gasteiger partial charge in [0.15, 0.2) is 0 Å². The van der Waals surface area contributed by atoms with E-state index in [1.807, 2.05) is 48.5 Å². The Balaban J connectivity index is 1.88. The van der Waals surface area contributed by atoms with Crippen molar-refractivity contribution in [3.05, 3.63) is 84.4 Å². The molecule has 1 N–H and O–H groups in total. The molecule has 0 unspecified atom stereocenters. The number of hydrogen-bond donors (Lipinski definition) is 1. The van der Waals surface area contributed by atoms with Crippen molar-refractivity contribution in [1.82, 2.24) is 9.97 Å². The molecule has 0 radical (unpaired) electrons. The maximum Gasteiger partial charge on any atom is 0.117 e. The molecule has 0 bridgehead atoms. The van der Waals surface area contributed by atoms with Crippen LogP contribution in [0.25, 0.3) is 0 Å². The van der Waals surface area contributed by atoms with E-state index in [1.165, 1.54) is 0 Å². The van der Waals surface area contributed by atoms with Crippen LogP contribution in [-0.4, -0.2) is 15.1 Å². The lowest BCUT2D eigenvalue weighted by Crippen LogP contribution is -2.23. The van der Waals surface area contributed by atoms with E-state index in [0.29, 0.717) is 13.1 Å². The largest absolute Gasteiger partial charge is 0.508 e. The Bertz CT molecular complexity index is 675. The molecule has 2 heterocycles. The van der Waals surface area contributed by atoms with Crippen molar-refractivity contribution in [2.75, 3.05) is 4.90 Å². The summed E-state index contributed by atoms with van der Waals surface area (Å²) in [5.74, 6) is 0.254. The van der Waals surface area contributed by atoms with Gasteiger partial charge in [-0.05, 0) is 36.4 Å². The van der Waals surface area contributed by atoms with Crippen molar-refractivity contribution in [1.29, 1.82) is 0 Å². The summed E-state index contributed by atoms with van der Waals surface area (Å²) in [6.45, 7) is 1.31. The highest BCUT2D eigenvalue weighted by molar-refractivity contribution is 5.50. The van der Waals surface area contributed by atoms with Crippen LogP contribution >= 0.6 is 0 Å². The van der Waals surface area contributed by atoms with Crippen LogP contribution in [0, 0.1) is 0 Å². The lowest BCUT2D eigenvalue weighted by atomic mass is 10.2. The number of pyridine rings is 2. The van der Waals surface area contributed by atoms with Gasteiger partial charge in [0.25, 0.3) is 0 Å². The molecule has 0 saturated heterocycles. The quantitative estimate of drug-likeness (QED) is 0.783. The SMILES string of the molecule is Oc1cccc(N(Cc2ccccn2)Cc2ccccn2)c1. The summed E-state index contributed by atoms with van der Waals surface area (Å²) >= 11 is 0. The highest BCUT2D eigenvalue weighted by Crippen LogP contribution is 2.23. The molecule has 22 heavy (non-hydrogen) atoms. The second-order valence-corrected chi connectivity index (χ2v) is 5.02. The van der Waals surface area contributed by atoms with E-state index in [9.17, 15) is 5.11 Å². The first-order valence-corrected chi connectivity index (χ1v) is 7.15. The van der Waals surface area contributed by atoms with Gasteiger partial charge in [-0.2, -0.15) is 0 Å². The molecule has 110 valence electrons. The first-order valence-electron chi connectivity index (χ1n) is 7.15. The number of aromatic hydroxyl groups is 1. The third-order valence-electron chi connectivity index (χ3n) is 3.35. The maximum absolute atomic E-state index is 9.74. The number of rotatable bonds is 5. The van der Waals surface area contributed by atoms with E-state index < -0.39 is 0 Å². The van der Waals surface area contributed by atoms with Gasteiger partial charge < -0.3 is 10.0 Å². The van der Waals surface area contributed by atoms with Gasteiger partial charge in [0.05, 0.1) is 24.5 Å². The van der Waals surface area contributed by atoms with Crippen molar-refractivity contribution in [2.45, 2.75) is 13.1 Å². The molecule has 0 amide bonds. The molecule has 4 nitrogen and oxygen atoms in total. The predicted molar refractivity (Wildman–Crippen MR) is 86.5 cm³/mol. The number of aromatic nitrogens is 2. The molecule has 0 spiro atoms. The Kier molecular flexibility index (Phi) is 4.30. The van der Waals surface area contributed by atoms with E-state index in [2.05, 4.69) is 14.9 Å². The highest BCUT2D eigenvalue weighted by Gasteiger charge is 2.10. The van der Waals surface area contributed by atoms with E-state index in [-0.39, 0.29) is 5.75 Å². The van der Waals surface area contributed by atoms with Crippen LogP contribution in [0.4, 0.5) is 5.69 Å². The summed E-state index contributed by atoms with van der Waals surface area (Å²) in [4.78, 5) is 10.9. The van der Waals surface area contributed by atoms with Crippen LogP contribution in [0.3, 0.4) is 0 Å². The Morgan fingerprint density at radius 3 is 1.91 bits per heavy atom. The minimum Gasteiger partial charge on any atom is -0.508 e. The monoisotopic (exact) mass is 291 g/mol. The number of benzene rings is 1. The molecule has 0 aliphatic carbocycles. The van der Waals surface area contributed by atoms with Gasteiger partial charge in [-0.3, -0.25) is 9.97 Å². The molecular weight excluding hydrogens is 274 g/mol. The smallest absolute Gasteiger partial charge is 0.117 e. The van der Waals surface area contributed by atoms with Crippen molar-refractivity contribution < 1.29 is 5.11 Å². The Morgan fingerprint density at radius 1 is 0.773 bits per heavy atom. The van der Waals surface area contributed by atoms with Gasteiger partial charge in [-0.15, -0.1) is 0 Å². The molecular formula is C18H17N3O. The van der Waals surface area contributed by atoms with Gasteiger partial charge in [0.2, 0.25) is 0 Å². The van der Waals surface area contributed by atoms with E-state index >= 15 is 0 Å². The van der Waals surface area contributed by atoms with Gasteiger partial charge in [0, 0.05) is 24.1 Å². The zero-order chi connectivity index (χ0) is 15.2. The molecule has 4 heteroatoms. The first kappa shape index (κ1) is 14.1. The molecule has 1 aromatic carbocycles. The molecule has 0 saturated carbocycles. The van der Waals surface area contributed by atoms with Gasteiger partial charge >= 0.3 is 0 Å². The third kappa shape index (κ3) is 3.61. The summed E-state index contributed by atoms with van der Waals surface area (Å²) < 4.78 is 0. The Morgan fingerprint density at radius 2 is 1.41 bits per heavy atom. The molecule has 3 aromatic rings. The zero-order valence-corrected chi connectivity index (χ0v) is 12.1. The number of nitrogens with zero attached hydrogens (tertiary/aromatic N) is 3. The molecule has 0 fully saturated rings. The Hall–Kier alpha value is -2.88.